The molecule has 0 amide bonds. The second kappa shape index (κ2) is 11.2. The van der Waals surface area contributed by atoms with E-state index in [1.165, 1.54) is 5.57 Å². The molecule has 15 heavy (non-hydrogen) atoms. The molecule has 0 spiro atoms. The van der Waals surface area contributed by atoms with Crippen LogP contribution in [0.4, 0.5) is 0 Å². The third-order valence-corrected chi connectivity index (χ3v) is 2.41. The van der Waals surface area contributed by atoms with Crippen molar-refractivity contribution in [1.82, 2.24) is 4.98 Å². The summed E-state index contributed by atoms with van der Waals surface area (Å²) in [7, 11) is 0. The van der Waals surface area contributed by atoms with Crippen molar-refractivity contribution in [1.29, 1.82) is 0 Å². The Bertz CT molecular complexity index is 284. The molecule has 1 nitrogen and oxygen atoms in total. The number of hydrogen-bond acceptors (Lipinski definition) is 2. The minimum absolute atomic E-state index is 1.06. The largest absolute Gasteiger partial charge is 0.244 e. The predicted molar refractivity (Wildman–Crippen MR) is 74.2 cm³/mol. The van der Waals surface area contributed by atoms with E-state index in [0.29, 0.717) is 0 Å². The fourth-order valence-electron chi connectivity index (χ4n) is 0.833. The Kier molecular flexibility index (Phi) is 12.3. The van der Waals surface area contributed by atoms with Gasteiger partial charge in [0.1, 0.15) is 0 Å². The van der Waals surface area contributed by atoms with E-state index in [0.717, 1.165) is 10.6 Å². The SMILES string of the molecule is C=Cc1scnc1/C(C)=C\C.CC.CC. The van der Waals surface area contributed by atoms with Crippen LogP contribution in [0.15, 0.2) is 18.2 Å². The Morgan fingerprint density at radius 2 is 1.87 bits per heavy atom. The van der Waals surface area contributed by atoms with Crippen LogP contribution in [0.5, 0.6) is 0 Å². The monoisotopic (exact) mass is 225 g/mol. The van der Waals surface area contributed by atoms with Crippen LogP contribution in [0, 0.1) is 0 Å². The van der Waals surface area contributed by atoms with Gasteiger partial charge in [-0.25, -0.2) is 4.98 Å². The van der Waals surface area contributed by atoms with Gasteiger partial charge in [-0.3, -0.25) is 0 Å². The second-order valence-corrected chi connectivity index (χ2v) is 3.13. The molecule has 0 atom stereocenters. The van der Waals surface area contributed by atoms with Gasteiger partial charge in [-0.05, 0) is 25.5 Å². The second-order valence-electron chi connectivity index (χ2n) is 2.24. The molecule has 1 aromatic rings. The number of nitrogens with zero attached hydrogens (tertiary/aromatic N) is 1. The summed E-state index contributed by atoms with van der Waals surface area (Å²) in [4.78, 5) is 5.39. The van der Waals surface area contributed by atoms with Crippen molar-refractivity contribution in [3.8, 4) is 0 Å². The molecule has 0 aliphatic rings. The van der Waals surface area contributed by atoms with Gasteiger partial charge >= 0.3 is 0 Å². The molecule has 0 N–H and O–H groups in total. The van der Waals surface area contributed by atoms with Crippen molar-refractivity contribution in [2.45, 2.75) is 41.5 Å². The van der Waals surface area contributed by atoms with Crippen molar-refractivity contribution in [3.05, 3.63) is 28.7 Å². The Balaban J connectivity index is 0. The summed E-state index contributed by atoms with van der Waals surface area (Å²) in [5, 5.41) is 0. The lowest BCUT2D eigenvalue weighted by molar-refractivity contribution is 1.33. The molecule has 0 aromatic carbocycles. The Labute approximate surface area is 98.6 Å². The fraction of sp³-hybridized carbons (Fsp3) is 0.462. The highest BCUT2D eigenvalue weighted by molar-refractivity contribution is 7.10. The summed E-state index contributed by atoms with van der Waals surface area (Å²) < 4.78 is 0. The number of rotatable bonds is 2. The summed E-state index contributed by atoms with van der Waals surface area (Å²) in [6.07, 6.45) is 3.90. The fourth-order valence-corrected chi connectivity index (χ4v) is 1.53. The average Bonchev–Trinajstić information content (AvgIpc) is 2.81. The van der Waals surface area contributed by atoms with Crippen LogP contribution >= 0.6 is 11.3 Å². The number of hydrogen-bond donors (Lipinski definition) is 0. The molecule has 1 heterocycles. The molecule has 0 saturated carbocycles. The third-order valence-electron chi connectivity index (χ3n) is 1.59. The maximum Gasteiger partial charge on any atom is 0.0837 e. The summed E-state index contributed by atoms with van der Waals surface area (Å²) in [6.45, 7) is 15.8. The minimum atomic E-state index is 1.06. The molecule has 1 aromatic heterocycles. The van der Waals surface area contributed by atoms with E-state index in [1.54, 1.807) is 11.3 Å². The molecule has 86 valence electrons. The van der Waals surface area contributed by atoms with Crippen LogP contribution in [0.1, 0.15) is 52.1 Å². The number of allylic oxidation sites excluding steroid dienone is 2. The van der Waals surface area contributed by atoms with Crippen molar-refractivity contribution in [3.63, 3.8) is 0 Å². The highest BCUT2D eigenvalue weighted by Gasteiger charge is 2.02. The molecule has 0 unspecified atom stereocenters. The van der Waals surface area contributed by atoms with E-state index < -0.39 is 0 Å². The molecule has 0 saturated heterocycles. The lowest BCUT2D eigenvalue weighted by Gasteiger charge is -1.95. The summed E-state index contributed by atoms with van der Waals surface area (Å²) >= 11 is 1.62. The summed E-state index contributed by atoms with van der Waals surface area (Å²) in [5.41, 5.74) is 4.12. The van der Waals surface area contributed by atoms with E-state index in [2.05, 4.69) is 24.6 Å². The minimum Gasteiger partial charge on any atom is -0.244 e. The zero-order valence-electron chi connectivity index (χ0n) is 10.8. The molecule has 1 rings (SSSR count). The van der Waals surface area contributed by atoms with Crippen LogP contribution < -0.4 is 0 Å². The molecular formula is C13H23NS. The summed E-state index contributed by atoms with van der Waals surface area (Å²) in [6, 6.07) is 0. The van der Waals surface area contributed by atoms with Gasteiger partial charge in [0.2, 0.25) is 0 Å². The van der Waals surface area contributed by atoms with Gasteiger partial charge in [0.15, 0.2) is 0 Å². The van der Waals surface area contributed by atoms with Gasteiger partial charge in [0, 0.05) is 0 Å². The highest BCUT2D eigenvalue weighted by Crippen LogP contribution is 2.21. The van der Waals surface area contributed by atoms with E-state index in [9.17, 15) is 0 Å². The first-order chi connectivity index (χ1) is 7.29. The normalized spacial score (nSPS) is 9.33. The average molecular weight is 225 g/mol. The van der Waals surface area contributed by atoms with Crippen LogP contribution in [-0.2, 0) is 0 Å². The molecule has 0 fully saturated rings. The van der Waals surface area contributed by atoms with Crippen molar-refractivity contribution in [2.75, 3.05) is 0 Å². The van der Waals surface area contributed by atoms with Crippen molar-refractivity contribution >= 4 is 23.0 Å². The zero-order chi connectivity index (χ0) is 12.3. The first-order valence-electron chi connectivity index (χ1n) is 5.48. The predicted octanol–water partition coefficient (Wildman–Crippen LogP) is 5.26. The van der Waals surface area contributed by atoms with Gasteiger partial charge in [-0.15, -0.1) is 11.3 Å². The Morgan fingerprint density at radius 1 is 1.33 bits per heavy atom. The molecule has 0 aliphatic heterocycles. The van der Waals surface area contributed by atoms with Crippen LogP contribution in [0.25, 0.3) is 11.6 Å². The quantitative estimate of drug-likeness (QED) is 0.669. The van der Waals surface area contributed by atoms with Gasteiger partial charge < -0.3 is 0 Å². The summed E-state index contributed by atoms with van der Waals surface area (Å²) in [5.74, 6) is 0. The van der Waals surface area contributed by atoms with E-state index in [4.69, 9.17) is 0 Å². The first-order valence-corrected chi connectivity index (χ1v) is 6.36. The first kappa shape index (κ1) is 16.5. The van der Waals surface area contributed by atoms with Gasteiger partial charge in [-0.2, -0.15) is 0 Å². The van der Waals surface area contributed by atoms with Crippen LogP contribution in [0.2, 0.25) is 0 Å². The Hall–Kier alpha value is -0.890. The van der Waals surface area contributed by atoms with Crippen molar-refractivity contribution in [2.24, 2.45) is 0 Å². The number of thiazole rings is 1. The van der Waals surface area contributed by atoms with Crippen molar-refractivity contribution < 1.29 is 0 Å². The standard InChI is InChI=1S/C9H11NS.2C2H6/c1-4-7(3)9-8(5-2)11-6-10-9;2*1-2/h4-6H,2H2,1,3H3;2*1-2H3/b7-4-;;. The molecule has 2 heteroatoms. The number of aromatic nitrogens is 1. The lowest BCUT2D eigenvalue weighted by atomic mass is 10.2. The molecule has 0 bridgehead atoms. The topological polar surface area (TPSA) is 12.9 Å². The lowest BCUT2D eigenvalue weighted by Crippen LogP contribution is -1.80. The van der Waals surface area contributed by atoms with E-state index >= 15 is 0 Å². The van der Waals surface area contributed by atoms with Crippen LogP contribution in [-0.4, -0.2) is 4.98 Å². The maximum absolute atomic E-state index is 4.24. The van der Waals surface area contributed by atoms with Gasteiger partial charge in [-0.1, -0.05) is 40.3 Å². The van der Waals surface area contributed by atoms with Gasteiger partial charge in [0.05, 0.1) is 16.1 Å². The van der Waals surface area contributed by atoms with E-state index in [-0.39, 0.29) is 0 Å². The highest BCUT2D eigenvalue weighted by atomic mass is 32.1. The Morgan fingerprint density at radius 3 is 2.27 bits per heavy atom. The maximum atomic E-state index is 4.24. The smallest absolute Gasteiger partial charge is 0.0837 e. The van der Waals surface area contributed by atoms with Gasteiger partial charge in [0.25, 0.3) is 0 Å². The van der Waals surface area contributed by atoms with E-state index in [1.807, 2.05) is 46.2 Å². The van der Waals surface area contributed by atoms with Crippen LogP contribution in [0.3, 0.4) is 0 Å². The third kappa shape index (κ3) is 5.53. The molecular weight excluding hydrogens is 202 g/mol. The zero-order valence-corrected chi connectivity index (χ0v) is 11.6. The molecule has 0 radical (unpaired) electrons. The molecule has 0 aliphatic carbocycles.